The van der Waals surface area contributed by atoms with Gasteiger partial charge in [0.1, 0.15) is 6.33 Å². The molecule has 10 nitrogen and oxygen atoms in total. The van der Waals surface area contributed by atoms with Gasteiger partial charge < -0.3 is 24.3 Å². The van der Waals surface area contributed by atoms with Crippen LogP contribution in [0.5, 0.6) is 11.5 Å². The zero-order valence-corrected chi connectivity index (χ0v) is 17.5. The number of nitrogens with one attached hydrogen (secondary N) is 1. The van der Waals surface area contributed by atoms with E-state index in [4.69, 9.17) is 9.47 Å². The van der Waals surface area contributed by atoms with Gasteiger partial charge in [-0.1, -0.05) is 6.07 Å². The number of urea groups is 1. The fraction of sp³-hybridized carbons (Fsp3) is 0.500. The van der Waals surface area contributed by atoms with Crippen LogP contribution in [0.4, 0.5) is 4.79 Å². The smallest absolute Gasteiger partial charge is 0.317 e. The summed E-state index contributed by atoms with van der Waals surface area (Å²) in [6.45, 7) is 1.05. The number of aromatic nitrogens is 3. The van der Waals surface area contributed by atoms with Crippen LogP contribution in [0.1, 0.15) is 18.4 Å². The lowest BCUT2D eigenvalue weighted by Crippen LogP contribution is -2.46. The molecule has 11 heteroatoms. The SMILES string of the molecule is COc1ccc(CNC(=O)N2CCC(S(=O)(=O)c3nncn3C)CC2)cc1OC. The Kier molecular flexibility index (Phi) is 6.26. The van der Waals surface area contributed by atoms with Crippen LogP contribution in [-0.2, 0) is 23.4 Å². The van der Waals surface area contributed by atoms with E-state index in [9.17, 15) is 13.2 Å². The lowest BCUT2D eigenvalue weighted by molar-refractivity contribution is 0.186. The maximum absolute atomic E-state index is 12.7. The third-order valence-electron chi connectivity index (χ3n) is 4.98. The molecule has 0 bridgehead atoms. The minimum atomic E-state index is -3.56. The fourth-order valence-electron chi connectivity index (χ4n) is 3.33. The number of amides is 2. The number of sulfone groups is 1. The maximum Gasteiger partial charge on any atom is 0.317 e. The number of methoxy groups -OCH3 is 2. The van der Waals surface area contributed by atoms with Crippen LogP contribution in [0.25, 0.3) is 0 Å². The van der Waals surface area contributed by atoms with Crippen LogP contribution in [0.15, 0.2) is 29.7 Å². The van der Waals surface area contributed by atoms with Crippen LogP contribution < -0.4 is 14.8 Å². The van der Waals surface area contributed by atoms with Gasteiger partial charge in [0.25, 0.3) is 0 Å². The molecule has 29 heavy (non-hydrogen) atoms. The summed E-state index contributed by atoms with van der Waals surface area (Å²) in [7, 11) is 1.16. The van der Waals surface area contributed by atoms with Crippen LogP contribution >= 0.6 is 0 Å². The summed E-state index contributed by atoms with van der Waals surface area (Å²) in [5.74, 6) is 1.21. The highest BCUT2D eigenvalue weighted by Crippen LogP contribution is 2.27. The Balaban J connectivity index is 1.55. The normalized spacial score (nSPS) is 15.2. The lowest BCUT2D eigenvalue weighted by atomic mass is 10.1. The number of benzene rings is 1. The van der Waals surface area contributed by atoms with E-state index in [0.717, 1.165) is 5.56 Å². The highest BCUT2D eigenvalue weighted by molar-refractivity contribution is 7.91. The fourth-order valence-corrected chi connectivity index (χ4v) is 5.07. The molecular formula is C18H25N5O5S. The number of carbonyl (C=O) groups is 1. The molecule has 0 radical (unpaired) electrons. The van der Waals surface area contributed by atoms with Gasteiger partial charge in [0.05, 0.1) is 19.5 Å². The first kappa shape index (κ1) is 20.9. The molecule has 2 amide bonds. The summed E-state index contributed by atoms with van der Waals surface area (Å²) in [5, 5.41) is 9.62. The maximum atomic E-state index is 12.7. The highest BCUT2D eigenvalue weighted by atomic mass is 32.2. The van der Waals surface area contributed by atoms with E-state index < -0.39 is 15.1 Å². The van der Waals surface area contributed by atoms with Crippen LogP contribution in [0, 0.1) is 0 Å². The van der Waals surface area contributed by atoms with E-state index in [1.54, 1.807) is 38.3 Å². The topological polar surface area (TPSA) is 116 Å². The summed E-state index contributed by atoms with van der Waals surface area (Å²) in [6, 6.07) is 5.21. The van der Waals surface area contributed by atoms with E-state index in [2.05, 4.69) is 15.5 Å². The number of rotatable bonds is 6. The summed E-state index contributed by atoms with van der Waals surface area (Å²) >= 11 is 0. The van der Waals surface area contributed by atoms with Crippen molar-refractivity contribution in [2.75, 3.05) is 27.3 Å². The summed E-state index contributed by atoms with van der Waals surface area (Å²) < 4.78 is 37.3. The van der Waals surface area contributed by atoms with Crippen molar-refractivity contribution < 1.29 is 22.7 Å². The van der Waals surface area contributed by atoms with Crippen molar-refractivity contribution >= 4 is 15.9 Å². The van der Waals surface area contributed by atoms with Gasteiger partial charge in [0.15, 0.2) is 11.5 Å². The van der Waals surface area contributed by atoms with Gasteiger partial charge in [0.2, 0.25) is 15.0 Å². The number of ether oxygens (including phenoxy) is 2. The molecule has 0 unspecified atom stereocenters. The van der Waals surface area contributed by atoms with Gasteiger partial charge in [-0.3, -0.25) is 0 Å². The van der Waals surface area contributed by atoms with Crippen molar-refractivity contribution in [3.8, 4) is 11.5 Å². The number of hydrogen-bond acceptors (Lipinski definition) is 7. The monoisotopic (exact) mass is 423 g/mol. The highest BCUT2D eigenvalue weighted by Gasteiger charge is 2.35. The predicted molar refractivity (Wildman–Crippen MR) is 105 cm³/mol. The second kappa shape index (κ2) is 8.68. The summed E-state index contributed by atoms with van der Waals surface area (Å²) in [5.41, 5.74) is 0.871. The molecule has 0 spiro atoms. The molecule has 1 aromatic heterocycles. The van der Waals surface area contributed by atoms with Crippen LogP contribution in [0.2, 0.25) is 0 Å². The quantitative estimate of drug-likeness (QED) is 0.736. The van der Waals surface area contributed by atoms with Crippen molar-refractivity contribution in [1.29, 1.82) is 0 Å². The van der Waals surface area contributed by atoms with Crippen molar-refractivity contribution in [1.82, 2.24) is 25.0 Å². The molecule has 1 aromatic carbocycles. The van der Waals surface area contributed by atoms with E-state index in [-0.39, 0.29) is 11.2 Å². The zero-order chi connectivity index (χ0) is 21.0. The lowest BCUT2D eigenvalue weighted by Gasteiger charge is -2.31. The predicted octanol–water partition coefficient (Wildman–Crippen LogP) is 0.980. The molecule has 3 rings (SSSR count). The second-order valence-electron chi connectivity index (χ2n) is 6.80. The number of nitrogens with zero attached hydrogens (tertiary/aromatic N) is 4. The van der Waals surface area contributed by atoms with Gasteiger partial charge in [0, 0.05) is 26.7 Å². The van der Waals surface area contributed by atoms with E-state index in [1.165, 1.54) is 10.9 Å². The molecule has 1 N–H and O–H groups in total. The standard InChI is InChI=1S/C18H25N5O5S/c1-22-12-20-21-18(22)29(25,26)14-6-8-23(9-7-14)17(24)19-11-13-4-5-15(27-2)16(10-13)28-3/h4-5,10,12,14H,6-9,11H2,1-3H3,(H,19,24). The third kappa shape index (κ3) is 4.44. The molecule has 1 aliphatic heterocycles. The minimum absolute atomic E-state index is 0.0335. The Bertz CT molecular complexity index is 967. The molecule has 2 heterocycles. The largest absolute Gasteiger partial charge is 0.493 e. The van der Waals surface area contributed by atoms with Crippen molar-refractivity contribution in [3.05, 3.63) is 30.1 Å². The van der Waals surface area contributed by atoms with Gasteiger partial charge in [-0.05, 0) is 30.5 Å². The molecule has 1 aliphatic rings. The van der Waals surface area contributed by atoms with Crippen molar-refractivity contribution in [3.63, 3.8) is 0 Å². The van der Waals surface area contributed by atoms with Crippen molar-refractivity contribution in [2.45, 2.75) is 29.8 Å². The number of aryl methyl sites for hydroxylation is 1. The molecule has 1 saturated heterocycles. The number of piperidine rings is 1. The number of hydrogen-bond donors (Lipinski definition) is 1. The Morgan fingerprint density at radius 2 is 1.90 bits per heavy atom. The van der Waals surface area contributed by atoms with Gasteiger partial charge >= 0.3 is 6.03 Å². The summed E-state index contributed by atoms with van der Waals surface area (Å²) in [4.78, 5) is 14.1. The van der Waals surface area contributed by atoms with Crippen LogP contribution in [0.3, 0.4) is 0 Å². The molecule has 0 atom stereocenters. The summed E-state index contributed by atoms with van der Waals surface area (Å²) in [6.07, 6.45) is 2.08. The molecule has 0 aliphatic carbocycles. The Labute approximate surface area is 169 Å². The first-order chi connectivity index (χ1) is 13.9. The molecule has 1 fully saturated rings. The molecule has 158 valence electrons. The Hall–Kier alpha value is -2.82. The number of carbonyl (C=O) groups excluding carboxylic acids is 1. The average Bonchev–Trinajstić information content (AvgIpc) is 3.18. The van der Waals surface area contributed by atoms with Crippen molar-refractivity contribution in [2.24, 2.45) is 7.05 Å². The number of likely N-dealkylation sites (tertiary alicyclic amines) is 1. The first-order valence-corrected chi connectivity index (χ1v) is 10.7. The first-order valence-electron chi connectivity index (χ1n) is 9.18. The van der Waals surface area contributed by atoms with Gasteiger partial charge in [-0.25, -0.2) is 13.2 Å². The zero-order valence-electron chi connectivity index (χ0n) is 16.7. The van der Waals surface area contributed by atoms with Crippen LogP contribution in [-0.4, -0.2) is 66.7 Å². The third-order valence-corrected chi connectivity index (χ3v) is 7.21. The molecular weight excluding hydrogens is 398 g/mol. The Morgan fingerprint density at radius 3 is 2.48 bits per heavy atom. The molecule has 0 saturated carbocycles. The van der Waals surface area contributed by atoms with E-state index in [0.29, 0.717) is 44.0 Å². The molecule has 2 aromatic rings. The Morgan fingerprint density at radius 1 is 1.21 bits per heavy atom. The van der Waals surface area contributed by atoms with E-state index >= 15 is 0 Å². The minimum Gasteiger partial charge on any atom is -0.493 e. The van der Waals surface area contributed by atoms with E-state index in [1.807, 2.05) is 6.07 Å². The average molecular weight is 423 g/mol. The van der Waals surface area contributed by atoms with Gasteiger partial charge in [-0.2, -0.15) is 0 Å². The second-order valence-corrected chi connectivity index (χ2v) is 8.93. The van der Waals surface area contributed by atoms with Gasteiger partial charge in [-0.15, -0.1) is 10.2 Å².